The second-order valence-electron chi connectivity index (χ2n) is 6.12. The van der Waals surface area contributed by atoms with Gasteiger partial charge in [0.1, 0.15) is 0 Å². The van der Waals surface area contributed by atoms with Crippen LogP contribution < -0.4 is 5.32 Å². The number of nitro benzene ring substituents is 1. The maximum Gasteiger partial charge on any atom is 0.269 e. The molecule has 0 radical (unpaired) electrons. The van der Waals surface area contributed by atoms with Crippen molar-refractivity contribution in [2.75, 3.05) is 6.54 Å². The molecule has 0 spiro atoms. The fourth-order valence-electron chi connectivity index (χ4n) is 2.96. The van der Waals surface area contributed by atoms with Gasteiger partial charge in [0, 0.05) is 23.7 Å². The van der Waals surface area contributed by atoms with Crippen LogP contribution in [-0.4, -0.2) is 11.5 Å². The van der Waals surface area contributed by atoms with Gasteiger partial charge in [-0.05, 0) is 36.4 Å². The van der Waals surface area contributed by atoms with Gasteiger partial charge in [-0.15, -0.1) is 0 Å². The molecule has 1 aromatic rings. The van der Waals surface area contributed by atoms with Crippen LogP contribution in [0.15, 0.2) is 18.2 Å². The Hall–Kier alpha value is -1.13. The maximum absolute atomic E-state index is 10.8. The lowest BCUT2D eigenvalue weighted by Crippen LogP contribution is -2.20. The molecular formula is C16H23ClN2O2. The summed E-state index contributed by atoms with van der Waals surface area (Å²) < 4.78 is 0. The third-order valence-corrected chi connectivity index (χ3v) is 4.79. The largest absolute Gasteiger partial charge is 0.313 e. The van der Waals surface area contributed by atoms with Crippen LogP contribution in [-0.2, 0) is 6.54 Å². The zero-order valence-electron chi connectivity index (χ0n) is 12.5. The topological polar surface area (TPSA) is 55.2 Å². The van der Waals surface area contributed by atoms with E-state index < -0.39 is 0 Å². The fraction of sp³-hybridized carbons (Fsp3) is 0.625. The van der Waals surface area contributed by atoms with Crippen LogP contribution in [0.1, 0.15) is 44.6 Å². The van der Waals surface area contributed by atoms with Crippen molar-refractivity contribution in [2.45, 2.75) is 45.6 Å². The molecule has 0 bridgehead atoms. The zero-order valence-corrected chi connectivity index (χ0v) is 13.2. The second kappa shape index (κ2) is 7.76. The van der Waals surface area contributed by atoms with Crippen molar-refractivity contribution in [3.8, 4) is 0 Å². The van der Waals surface area contributed by atoms with Crippen molar-refractivity contribution in [1.82, 2.24) is 5.32 Å². The Morgan fingerprint density at radius 2 is 2.05 bits per heavy atom. The van der Waals surface area contributed by atoms with Gasteiger partial charge in [0.15, 0.2) is 0 Å². The molecule has 0 atom stereocenters. The maximum atomic E-state index is 10.8. The quantitative estimate of drug-likeness (QED) is 0.476. The molecule has 0 unspecified atom stereocenters. The smallest absolute Gasteiger partial charge is 0.269 e. The van der Waals surface area contributed by atoms with Crippen LogP contribution in [0.3, 0.4) is 0 Å². The van der Waals surface area contributed by atoms with Gasteiger partial charge in [-0.2, -0.15) is 0 Å². The first kappa shape index (κ1) is 16.2. The van der Waals surface area contributed by atoms with E-state index in [4.69, 9.17) is 11.6 Å². The van der Waals surface area contributed by atoms with Gasteiger partial charge in [-0.3, -0.25) is 10.1 Å². The van der Waals surface area contributed by atoms with Crippen LogP contribution >= 0.6 is 11.6 Å². The van der Waals surface area contributed by atoms with E-state index in [2.05, 4.69) is 12.2 Å². The van der Waals surface area contributed by atoms with E-state index in [9.17, 15) is 10.1 Å². The van der Waals surface area contributed by atoms with Gasteiger partial charge in [-0.25, -0.2) is 0 Å². The summed E-state index contributed by atoms with van der Waals surface area (Å²) in [6.45, 7) is 3.86. The van der Waals surface area contributed by atoms with Gasteiger partial charge >= 0.3 is 0 Å². The third-order valence-electron chi connectivity index (χ3n) is 4.42. The summed E-state index contributed by atoms with van der Waals surface area (Å²) in [6, 6.07) is 4.59. The molecule has 116 valence electrons. The fourth-order valence-corrected chi connectivity index (χ4v) is 3.14. The van der Waals surface area contributed by atoms with Crippen molar-refractivity contribution < 1.29 is 4.92 Å². The molecule has 0 saturated heterocycles. The van der Waals surface area contributed by atoms with Crippen molar-refractivity contribution >= 4 is 17.3 Å². The third kappa shape index (κ3) is 4.97. The minimum Gasteiger partial charge on any atom is -0.313 e. The minimum absolute atomic E-state index is 0.0949. The Kier molecular flexibility index (Phi) is 6.00. The van der Waals surface area contributed by atoms with Crippen molar-refractivity contribution in [3.63, 3.8) is 0 Å². The van der Waals surface area contributed by atoms with Gasteiger partial charge in [0.25, 0.3) is 5.69 Å². The molecule has 1 N–H and O–H groups in total. The van der Waals surface area contributed by atoms with E-state index in [-0.39, 0.29) is 10.6 Å². The Bertz CT molecular complexity index is 485. The summed E-state index contributed by atoms with van der Waals surface area (Å²) in [7, 11) is 0. The molecule has 0 heterocycles. The highest BCUT2D eigenvalue weighted by molar-refractivity contribution is 6.31. The molecule has 5 heteroatoms. The molecule has 1 aromatic carbocycles. The number of nitrogens with one attached hydrogen (secondary N) is 1. The van der Waals surface area contributed by atoms with Gasteiger partial charge in [0.05, 0.1) is 4.92 Å². The van der Waals surface area contributed by atoms with E-state index in [1.165, 1.54) is 38.2 Å². The van der Waals surface area contributed by atoms with E-state index in [1.807, 2.05) is 0 Å². The first-order valence-corrected chi connectivity index (χ1v) is 8.07. The minimum atomic E-state index is -0.386. The highest BCUT2D eigenvalue weighted by Gasteiger charge is 2.17. The van der Waals surface area contributed by atoms with Crippen LogP contribution in [0.4, 0.5) is 5.69 Å². The lowest BCUT2D eigenvalue weighted by atomic mass is 9.81. The number of halogens is 1. The average Bonchev–Trinajstić information content (AvgIpc) is 2.47. The zero-order chi connectivity index (χ0) is 15.2. The first-order valence-electron chi connectivity index (χ1n) is 7.70. The number of non-ortho nitro benzene ring substituents is 1. The highest BCUT2D eigenvalue weighted by atomic mass is 35.5. The standard InChI is InChI=1S/C16H23ClN2O2/c1-12-2-4-13(5-3-12)8-9-18-11-14-10-15(19(20)21)6-7-16(14)17/h6-7,10,12-13,18H,2-5,8-9,11H2,1H3. The van der Waals surface area contributed by atoms with E-state index in [1.54, 1.807) is 12.1 Å². The predicted molar refractivity (Wildman–Crippen MR) is 85.6 cm³/mol. The van der Waals surface area contributed by atoms with Gasteiger partial charge in [-0.1, -0.05) is 44.2 Å². The van der Waals surface area contributed by atoms with E-state index in [0.717, 1.165) is 23.9 Å². The lowest BCUT2D eigenvalue weighted by Gasteiger charge is -2.26. The van der Waals surface area contributed by atoms with Crippen molar-refractivity contribution in [2.24, 2.45) is 11.8 Å². The van der Waals surface area contributed by atoms with Crippen LogP contribution in [0, 0.1) is 22.0 Å². The number of hydrogen-bond donors (Lipinski definition) is 1. The van der Waals surface area contributed by atoms with Crippen molar-refractivity contribution in [1.29, 1.82) is 0 Å². The Labute approximate surface area is 131 Å². The molecule has 1 fully saturated rings. The van der Waals surface area contributed by atoms with Crippen LogP contribution in [0.25, 0.3) is 0 Å². The van der Waals surface area contributed by atoms with Crippen molar-refractivity contribution in [3.05, 3.63) is 38.9 Å². The number of rotatable bonds is 6. The molecule has 4 nitrogen and oxygen atoms in total. The summed E-state index contributed by atoms with van der Waals surface area (Å²) in [5.74, 6) is 1.71. The summed E-state index contributed by atoms with van der Waals surface area (Å²) in [5.41, 5.74) is 0.889. The van der Waals surface area contributed by atoms with E-state index >= 15 is 0 Å². The van der Waals surface area contributed by atoms with Crippen LogP contribution in [0.5, 0.6) is 0 Å². The second-order valence-corrected chi connectivity index (χ2v) is 6.53. The number of hydrogen-bond acceptors (Lipinski definition) is 3. The molecule has 2 rings (SSSR count). The predicted octanol–water partition coefficient (Wildman–Crippen LogP) is 4.55. The van der Waals surface area contributed by atoms with Gasteiger partial charge in [0.2, 0.25) is 0 Å². The molecule has 1 saturated carbocycles. The molecule has 0 aromatic heterocycles. The summed E-state index contributed by atoms with van der Waals surface area (Å²) in [5, 5.41) is 14.7. The monoisotopic (exact) mass is 310 g/mol. The van der Waals surface area contributed by atoms with Gasteiger partial charge < -0.3 is 5.32 Å². The Morgan fingerprint density at radius 3 is 2.71 bits per heavy atom. The molecule has 1 aliphatic rings. The highest BCUT2D eigenvalue weighted by Crippen LogP contribution is 2.30. The summed E-state index contributed by atoms with van der Waals surface area (Å²) >= 11 is 6.08. The normalized spacial score (nSPS) is 22.2. The number of nitrogens with zero attached hydrogens (tertiary/aromatic N) is 1. The lowest BCUT2D eigenvalue weighted by molar-refractivity contribution is -0.384. The number of benzene rings is 1. The summed E-state index contributed by atoms with van der Waals surface area (Å²) in [4.78, 5) is 10.4. The van der Waals surface area contributed by atoms with Crippen LogP contribution in [0.2, 0.25) is 5.02 Å². The Morgan fingerprint density at radius 1 is 1.33 bits per heavy atom. The first-order chi connectivity index (χ1) is 10.1. The Balaban J connectivity index is 1.75. The van der Waals surface area contributed by atoms with E-state index in [0.29, 0.717) is 11.6 Å². The molecule has 0 amide bonds. The SMILES string of the molecule is CC1CCC(CCNCc2cc([N+](=O)[O-])ccc2Cl)CC1. The molecule has 21 heavy (non-hydrogen) atoms. The molecule has 0 aliphatic heterocycles. The number of nitro groups is 1. The molecule has 1 aliphatic carbocycles. The average molecular weight is 311 g/mol. The molecular weight excluding hydrogens is 288 g/mol. The summed E-state index contributed by atoms with van der Waals surface area (Å²) in [6.07, 6.45) is 6.54.